The smallest absolute Gasteiger partial charge is 0.416 e. The zero-order valence-electron chi connectivity index (χ0n) is 15.0. The van der Waals surface area contributed by atoms with E-state index in [-0.39, 0.29) is 22.4 Å². The molecule has 157 valence electrons. The van der Waals surface area contributed by atoms with Gasteiger partial charge in [0, 0.05) is 5.56 Å². The Balaban J connectivity index is 1.87. The number of benzene rings is 2. The molecule has 0 saturated heterocycles. The summed E-state index contributed by atoms with van der Waals surface area (Å²) in [5, 5.41) is 0. The Labute approximate surface area is 174 Å². The first-order chi connectivity index (χ1) is 14.0. The summed E-state index contributed by atoms with van der Waals surface area (Å²) in [5.74, 6) is -4.37. The van der Waals surface area contributed by atoms with E-state index in [0.717, 1.165) is 24.3 Å². The number of halogens is 6. The lowest BCUT2D eigenvalue weighted by molar-refractivity contribution is -0.137. The highest BCUT2D eigenvalue weighted by Crippen LogP contribution is 2.35. The molecule has 0 spiro atoms. The summed E-state index contributed by atoms with van der Waals surface area (Å²) < 4.78 is 76.8. The Bertz CT molecular complexity index is 1100. The average Bonchev–Trinajstić information content (AvgIpc) is 3.05. The summed E-state index contributed by atoms with van der Waals surface area (Å²) in [6.45, 7) is 1.36. The molecule has 1 heterocycles. The molecular formula is C19H11BrF5N2O3. The number of nitrogens with zero attached hydrogens (tertiary/aromatic N) is 1. The van der Waals surface area contributed by atoms with Gasteiger partial charge in [-0.1, -0.05) is 12.1 Å². The molecule has 2 aromatic carbocycles. The van der Waals surface area contributed by atoms with Crippen LogP contribution in [0.1, 0.15) is 28.7 Å². The number of carbonyl (C=O) groups is 1. The van der Waals surface area contributed by atoms with Crippen LogP contribution in [0, 0.1) is 17.7 Å². The molecular weight excluding hydrogens is 479 g/mol. The van der Waals surface area contributed by atoms with E-state index < -0.39 is 40.6 Å². The number of alkyl halides is 3. The minimum atomic E-state index is -4.48. The van der Waals surface area contributed by atoms with E-state index in [1.54, 1.807) is 0 Å². The molecule has 30 heavy (non-hydrogen) atoms. The van der Waals surface area contributed by atoms with Gasteiger partial charge in [-0.25, -0.2) is 13.8 Å². The fourth-order valence-electron chi connectivity index (χ4n) is 2.49. The van der Waals surface area contributed by atoms with Gasteiger partial charge in [-0.15, -0.1) is 0 Å². The lowest BCUT2D eigenvalue weighted by Crippen LogP contribution is -2.17. The van der Waals surface area contributed by atoms with Crippen molar-refractivity contribution in [2.24, 2.45) is 5.73 Å². The average molecular weight is 490 g/mol. The number of rotatable bonds is 5. The number of aromatic nitrogens is 1. The zero-order chi connectivity index (χ0) is 22.2. The van der Waals surface area contributed by atoms with Crippen LogP contribution in [0.15, 0.2) is 45.5 Å². The van der Waals surface area contributed by atoms with Crippen LogP contribution in [0.4, 0.5) is 22.0 Å². The van der Waals surface area contributed by atoms with Gasteiger partial charge in [-0.05, 0) is 47.1 Å². The summed E-state index contributed by atoms with van der Waals surface area (Å²) >= 11 is 3.12. The minimum absolute atomic E-state index is 0.0604. The van der Waals surface area contributed by atoms with Crippen molar-refractivity contribution >= 4 is 21.8 Å². The van der Waals surface area contributed by atoms with Crippen molar-refractivity contribution < 1.29 is 35.9 Å². The minimum Gasteiger partial charge on any atom is -0.470 e. The van der Waals surface area contributed by atoms with Crippen molar-refractivity contribution in [2.75, 3.05) is 0 Å². The van der Waals surface area contributed by atoms with Gasteiger partial charge in [0.25, 0.3) is 5.91 Å². The van der Waals surface area contributed by atoms with Crippen molar-refractivity contribution in [3.63, 3.8) is 0 Å². The van der Waals surface area contributed by atoms with Crippen LogP contribution in [0.5, 0.6) is 5.75 Å². The lowest BCUT2D eigenvalue weighted by atomic mass is 10.1. The van der Waals surface area contributed by atoms with Crippen LogP contribution >= 0.6 is 15.9 Å². The standard InChI is InChI=1S/C19H11BrF5N2O3/c1-8(29-12-7-6-11(21)13(14(12)22)17(26)28)18-27-15(16(20)30-18)9-2-4-10(5-3-9)19(23,24)25/h2-7H,1H3,(H2,26,28). The predicted octanol–water partition coefficient (Wildman–Crippen LogP) is 5.48. The Kier molecular flexibility index (Phi) is 5.84. The Morgan fingerprint density at radius 1 is 1.13 bits per heavy atom. The third kappa shape index (κ3) is 4.30. The van der Waals surface area contributed by atoms with Crippen LogP contribution in [0.3, 0.4) is 0 Å². The predicted molar refractivity (Wildman–Crippen MR) is 98.2 cm³/mol. The van der Waals surface area contributed by atoms with Gasteiger partial charge in [0.1, 0.15) is 17.1 Å². The van der Waals surface area contributed by atoms with Gasteiger partial charge in [0.2, 0.25) is 12.0 Å². The van der Waals surface area contributed by atoms with Crippen LogP contribution in [-0.2, 0) is 6.18 Å². The first-order valence-electron chi connectivity index (χ1n) is 8.12. The second-order valence-electron chi connectivity index (χ2n) is 5.97. The highest BCUT2D eigenvalue weighted by Gasteiger charge is 2.30. The van der Waals surface area contributed by atoms with Crippen LogP contribution in [0.2, 0.25) is 0 Å². The molecule has 3 aromatic rings. The third-order valence-electron chi connectivity index (χ3n) is 3.94. The first-order valence-corrected chi connectivity index (χ1v) is 8.92. The van der Waals surface area contributed by atoms with Crippen molar-refractivity contribution in [1.29, 1.82) is 0 Å². The van der Waals surface area contributed by atoms with E-state index >= 15 is 0 Å². The molecule has 1 aromatic heterocycles. The maximum absolute atomic E-state index is 14.3. The molecule has 0 unspecified atom stereocenters. The van der Waals surface area contributed by atoms with E-state index in [1.165, 1.54) is 19.1 Å². The van der Waals surface area contributed by atoms with E-state index in [0.29, 0.717) is 5.56 Å². The number of ether oxygens (including phenoxy) is 1. The fourth-order valence-corrected chi connectivity index (χ4v) is 2.96. The van der Waals surface area contributed by atoms with E-state index in [2.05, 4.69) is 20.9 Å². The Hall–Kier alpha value is -2.95. The normalized spacial score (nSPS) is 11.7. The second kappa shape index (κ2) is 8.05. The van der Waals surface area contributed by atoms with Gasteiger partial charge >= 0.3 is 6.18 Å². The first kappa shape index (κ1) is 21.8. The van der Waals surface area contributed by atoms with Crippen molar-refractivity contribution in [3.05, 3.63) is 75.8 Å². The third-order valence-corrected chi connectivity index (χ3v) is 4.48. The zero-order valence-corrected chi connectivity index (χ0v) is 16.6. The maximum Gasteiger partial charge on any atom is 0.416 e. The van der Waals surface area contributed by atoms with Gasteiger partial charge in [-0.3, -0.25) is 4.79 Å². The molecule has 0 aliphatic heterocycles. The molecule has 1 radical (unpaired) electrons. The number of hydrogen-bond donors (Lipinski definition) is 1. The number of nitrogens with two attached hydrogens (primary N) is 1. The molecule has 0 aliphatic carbocycles. The van der Waals surface area contributed by atoms with Gasteiger partial charge in [0.05, 0.1) is 5.56 Å². The molecule has 1 amide bonds. The van der Waals surface area contributed by atoms with Gasteiger partial charge < -0.3 is 14.9 Å². The van der Waals surface area contributed by atoms with Crippen LogP contribution in [0.25, 0.3) is 11.3 Å². The molecule has 0 saturated carbocycles. The number of amides is 1. The SMILES string of the molecule is C[C](Oc1ccc(F)c(C(N)=O)c1F)c1nc(-c2ccc(C(F)(F)F)cc2)c(Br)o1. The molecule has 0 fully saturated rings. The number of primary amides is 1. The quantitative estimate of drug-likeness (QED) is 0.481. The molecule has 2 N–H and O–H groups in total. The maximum atomic E-state index is 14.3. The molecule has 5 nitrogen and oxygen atoms in total. The monoisotopic (exact) mass is 489 g/mol. The second-order valence-corrected chi connectivity index (χ2v) is 6.69. The number of oxazole rings is 1. The largest absolute Gasteiger partial charge is 0.470 e. The van der Waals surface area contributed by atoms with Crippen molar-refractivity contribution in [3.8, 4) is 17.0 Å². The highest BCUT2D eigenvalue weighted by molar-refractivity contribution is 9.10. The fraction of sp³-hybridized carbons (Fsp3) is 0.105. The highest BCUT2D eigenvalue weighted by atomic mass is 79.9. The van der Waals surface area contributed by atoms with Crippen LogP contribution < -0.4 is 10.5 Å². The summed E-state index contributed by atoms with van der Waals surface area (Å²) in [6.07, 6.45) is -4.54. The van der Waals surface area contributed by atoms with Crippen molar-refractivity contribution in [1.82, 2.24) is 4.98 Å². The Morgan fingerprint density at radius 3 is 2.33 bits per heavy atom. The molecule has 0 atom stereocenters. The van der Waals surface area contributed by atoms with Gasteiger partial charge in [-0.2, -0.15) is 13.2 Å². The molecule has 0 bridgehead atoms. The summed E-state index contributed by atoms with van der Waals surface area (Å²) in [5.41, 5.74) is 3.68. The topological polar surface area (TPSA) is 78.4 Å². The molecule has 0 aliphatic rings. The molecule has 11 heteroatoms. The lowest BCUT2D eigenvalue weighted by Gasteiger charge is -2.12. The van der Waals surface area contributed by atoms with E-state index in [1.807, 2.05) is 0 Å². The van der Waals surface area contributed by atoms with Crippen LogP contribution in [-0.4, -0.2) is 10.9 Å². The van der Waals surface area contributed by atoms with Crippen molar-refractivity contribution in [2.45, 2.75) is 13.1 Å². The van der Waals surface area contributed by atoms with E-state index in [9.17, 15) is 26.7 Å². The van der Waals surface area contributed by atoms with Gasteiger partial charge in [0.15, 0.2) is 16.2 Å². The summed E-state index contributed by atoms with van der Waals surface area (Å²) in [6, 6.07) is 5.97. The Morgan fingerprint density at radius 2 is 1.77 bits per heavy atom. The summed E-state index contributed by atoms with van der Waals surface area (Å²) in [4.78, 5) is 15.3. The summed E-state index contributed by atoms with van der Waals surface area (Å²) in [7, 11) is 0. The number of carbonyl (C=O) groups excluding carboxylic acids is 1. The molecule has 3 rings (SSSR count). The number of hydrogen-bond acceptors (Lipinski definition) is 4. The van der Waals surface area contributed by atoms with E-state index in [4.69, 9.17) is 14.9 Å².